The van der Waals surface area contributed by atoms with Crippen molar-refractivity contribution < 1.29 is 14.7 Å². The number of pyridine rings is 1. The molecule has 0 unspecified atom stereocenters. The maximum atomic E-state index is 13.0. The van der Waals surface area contributed by atoms with Crippen molar-refractivity contribution in [2.45, 2.75) is 39.0 Å². The number of carbonyl (C=O) groups is 2. The van der Waals surface area contributed by atoms with E-state index < -0.39 is 5.97 Å². The quantitative estimate of drug-likeness (QED) is 0.876. The first kappa shape index (κ1) is 16.4. The average molecular weight is 330 g/mol. The molecule has 0 atom stereocenters. The van der Waals surface area contributed by atoms with Crippen molar-refractivity contribution >= 4 is 22.9 Å². The van der Waals surface area contributed by atoms with Crippen LogP contribution in [0.25, 0.3) is 11.0 Å². The lowest BCUT2D eigenvalue weighted by molar-refractivity contribution is -0.137. The smallest absolute Gasteiger partial charge is 0.323 e. The second-order valence-electron chi connectivity index (χ2n) is 6.40. The molecule has 2 aromatic heterocycles. The van der Waals surface area contributed by atoms with Crippen molar-refractivity contribution in [3.63, 3.8) is 0 Å². The van der Waals surface area contributed by atoms with Crippen LogP contribution in [-0.4, -0.2) is 49.7 Å². The molecule has 1 saturated carbocycles. The summed E-state index contributed by atoms with van der Waals surface area (Å²) < 4.78 is 1.69. The molecule has 1 aliphatic rings. The molecule has 0 aromatic carbocycles. The van der Waals surface area contributed by atoms with Gasteiger partial charge in [-0.3, -0.25) is 14.3 Å². The number of nitrogens with zero attached hydrogens (tertiary/aromatic N) is 4. The molecule has 0 spiro atoms. The third kappa shape index (κ3) is 2.98. The molecule has 1 amide bonds. The minimum Gasteiger partial charge on any atom is -0.480 e. The van der Waals surface area contributed by atoms with E-state index in [-0.39, 0.29) is 12.5 Å². The van der Waals surface area contributed by atoms with Crippen molar-refractivity contribution in [1.29, 1.82) is 0 Å². The van der Waals surface area contributed by atoms with E-state index in [2.05, 4.69) is 10.1 Å². The van der Waals surface area contributed by atoms with E-state index in [1.165, 1.54) is 4.90 Å². The first-order valence-corrected chi connectivity index (χ1v) is 8.27. The van der Waals surface area contributed by atoms with E-state index in [4.69, 9.17) is 5.11 Å². The van der Waals surface area contributed by atoms with E-state index in [1.807, 2.05) is 27.0 Å². The Morgan fingerprint density at radius 3 is 2.71 bits per heavy atom. The van der Waals surface area contributed by atoms with Gasteiger partial charge in [0.05, 0.1) is 16.6 Å². The van der Waals surface area contributed by atoms with Crippen LogP contribution in [-0.2, 0) is 11.8 Å². The normalized spacial score (nSPS) is 14.1. The van der Waals surface area contributed by atoms with Crippen molar-refractivity contribution in [3.05, 3.63) is 23.0 Å². The number of aliphatic carboxylic acids is 1. The van der Waals surface area contributed by atoms with Crippen LogP contribution in [0.5, 0.6) is 0 Å². The number of aryl methyl sites for hydroxylation is 2. The molecule has 7 heteroatoms. The van der Waals surface area contributed by atoms with Gasteiger partial charge in [0.25, 0.3) is 5.91 Å². The molecule has 128 valence electrons. The van der Waals surface area contributed by atoms with Gasteiger partial charge in [-0.15, -0.1) is 0 Å². The Hall–Kier alpha value is -2.44. The van der Waals surface area contributed by atoms with E-state index >= 15 is 0 Å². The molecule has 3 rings (SSSR count). The Balaban J connectivity index is 2.12. The van der Waals surface area contributed by atoms with Gasteiger partial charge in [-0.2, -0.15) is 5.10 Å². The van der Waals surface area contributed by atoms with Crippen molar-refractivity contribution in [3.8, 4) is 0 Å². The fourth-order valence-electron chi connectivity index (χ4n) is 3.08. The van der Waals surface area contributed by atoms with Gasteiger partial charge in [0.1, 0.15) is 6.54 Å². The molecule has 2 heterocycles. The highest BCUT2D eigenvalue weighted by molar-refractivity contribution is 6.07. The Labute approximate surface area is 140 Å². The summed E-state index contributed by atoms with van der Waals surface area (Å²) in [6.45, 7) is 3.88. The van der Waals surface area contributed by atoms with Crippen LogP contribution in [0.3, 0.4) is 0 Å². The predicted molar refractivity (Wildman–Crippen MR) is 89.1 cm³/mol. The highest BCUT2D eigenvalue weighted by Crippen LogP contribution is 2.40. The van der Waals surface area contributed by atoms with Crippen LogP contribution in [0, 0.1) is 6.92 Å². The SMILES string of the molecule is CCCN(CC(=O)O)C(=O)c1cc(C2CC2)nc2c1c(C)nn2C. The zero-order valence-corrected chi connectivity index (χ0v) is 14.2. The summed E-state index contributed by atoms with van der Waals surface area (Å²) >= 11 is 0. The summed E-state index contributed by atoms with van der Waals surface area (Å²) in [5.41, 5.74) is 2.84. The predicted octanol–water partition coefficient (Wildman–Crippen LogP) is 2.09. The minimum atomic E-state index is -1.01. The Morgan fingerprint density at radius 2 is 2.12 bits per heavy atom. The van der Waals surface area contributed by atoms with E-state index in [0.717, 1.165) is 29.6 Å². The van der Waals surface area contributed by atoms with Gasteiger partial charge in [0.15, 0.2) is 5.65 Å². The molecule has 0 aliphatic heterocycles. The first-order valence-electron chi connectivity index (χ1n) is 8.27. The molecule has 0 saturated heterocycles. The number of carboxylic acid groups (broad SMARTS) is 1. The summed E-state index contributed by atoms with van der Waals surface area (Å²) in [6.07, 6.45) is 2.86. The van der Waals surface area contributed by atoms with Gasteiger partial charge < -0.3 is 10.0 Å². The lowest BCUT2D eigenvalue weighted by atomic mass is 10.1. The number of carbonyl (C=O) groups excluding carboxylic acids is 1. The Morgan fingerprint density at radius 1 is 1.42 bits per heavy atom. The third-order valence-electron chi connectivity index (χ3n) is 4.32. The lowest BCUT2D eigenvalue weighted by Gasteiger charge is -2.21. The van der Waals surface area contributed by atoms with Crippen molar-refractivity contribution in [2.24, 2.45) is 7.05 Å². The number of fused-ring (bicyclic) bond motifs is 1. The minimum absolute atomic E-state index is 0.260. The highest BCUT2D eigenvalue weighted by atomic mass is 16.4. The number of carboxylic acids is 1. The topological polar surface area (TPSA) is 88.3 Å². The molecule has 0 bridgehead atoms. The highest BCUT2D eigenvalue weighted by Gasteiger charge is 2.30. The van der Waals surface area contributed by atoms with Crippen molar-refractivity contribution in [2.75, 3.05) is 13.1 Å². The summed E-state index contributed by atoms with van der Waals surface area (Å²) in [4.78, 5) is 30.2. The Kier molecular flexibility index (Phi) is 4.26. The fraction of sp³-hybridized carbons (Fsp3) is 0.529. The molecular formula is C17H22N4O3. The largest absolute Gasteiger partial charge is 0.480 e. The van der Waals surface area contributed by atoms with Crippen molar-refractivity contribution in [1.82, 2.24) is 19.7 Å². The molecule has 2 aromatic rings. The van der Waals surface area contributed by atoms with E-state index in [9.17, 15) is 9.59 Å². The number of hydrogen-bond donors (Lipinski definition) is 1. The van der Waals surface area contributed by atoms with E-state index in [0.29, 0.717) is 30.1 Å². The lowest BCUT2D eigenvalue weighted by Crippen LogP contribution is -2.36. The average Bonchev–Trinajstić information content (AvgIpc) is 3.32. The molecule has 1 N–H and O–H groups in total. The number of amides is 1. The summed E-state index contributed by atoms with van der Waals surface area (Å²) in [7, 11) is 1.81. The van der Waals surface area contributed by atoms with Crippen LogP contribution in [0.2, 0.25) is 0 Å². The number of aromatic nitrogens is 3. The van der Waals surface area contributed by atoms with Crippen LogP contribution in [0.15, 0.2) is 6.07 Å². The first-order chi connectivity index (χ1) is 11.4. The molecule has 1 fully saturated rings. The standard InChI is InChI=1S/C17H22N4O3/c1-4-7-21(9-14(22)23)17(24)12-8-13(11-5-6-11)18-16-15(12)10(2)19-20(16)3/h8,11H,4-7,9H2,1-3H3,(H,22,23). The maximum absolute atomic E-state index is 13.0. The second kappa shape index (κ2) is 6.22. The van der Waals surface area contributed by atoms with Gasteiger partial charge in [-0.25, -0.2) is 4.98 Å². The summed E-state index contributed by atoms with van der Waals surface area (Å²) in [6, 6.07) is 1.83. The van der Waals surface area contributed by atoms with E-state index in [1.54, 1.807) is 4.68 Å². The van der Waals surface area contributed by atoms with Gasteiger partial charge in [-0.05, 0) is 32.3 Å². The molecule has 24 heavy (non-hydrogen) atoms. The van der Waals surface area contributed by atoms with Crippen LogP contribution >= 0.6 is 0 Å². The molecule has 0 radical (unpaired) electrons. The maximum Gasteiger partial charge on any atom is 0.323 e. The van der Waals surface area contributed by atoms with Crippen LogP contribution < -0.4 is 0 Å². The van der Waals surface area contributed by atoms with Gasteiger partial charge in [0, 0.05) is 25.2 Å². The van der Waals surface area contributed by atoms with Crippen LogP contribution in [0.1, 0.15) is 53.8 Å². The van der Waals surface area contributed by atoms with Crippen LogP contribution in [0.4, 0.5) is 0 Å². The third-order valence-corrected chi connectivity index (χ3v) is 4.32. The Bertz CT molecular complexity index is 808. The van der Waals surface area contributed by atoms with Gasteiger partial charge in [0.2, 0.25) is 0 Å². The molecule has 1 aliphatic carbocycles. The number of rotatable bonds is 6. The zero-order chi connectivity index (χ0) is 17.4. The van der Waals surface area contributed by atoms with Gasteiger partial charge in [-0.1, -0.05) is 6.92 Å². The monoisotopic (exact) mass is 330 g/mol. The zero-order valence-electron chi connectivity index (χ0n) is 14.2. The fourth-order valence-corrected chi connectivity index (χ4v) is 3.08. The number of hydrogen-bond acceptors (Lipinski definition) is 4. The molecule has 7 nitrogen and oxygen atoms in total. The summed E-state index contributed by atoms with van der Waals surface area (Å²) in [5.74, 6) is -0.868. The molecular weight excluding hydrogens is 308 g/mol. The van der Waals surface area contributed by atoms with Gasteiger partial charge >= 0.3 is 5.97 Å². The second-order valence-corrected chi connectivity index (χ2v) is 6.40. The summed E-state index contributed by atoms with van der Waals surface area (Å²) in [5, 5.41) is 14.2.